The molecule has 2 heterocycles. The normalized spacial score (nSPS) is 11.0. The van der Waals surface area contributed by atoms with Gasteiger partial charge in [-0.15, -0.1) is 0 Å². The number of fused-ring (bicyclic) bond motifs is 1. The van der Waals surface area contributed by atoms with Gasteiger partial charge in [0.2, 0.25) is 0 Å². The van der Waals surface area contributed by atoms with Crippen LogP contribution >= 0.6 is 0 Å². The number of hydrogen-bond donors (Lipinski definition) is 1. The molecule has 0 aliphatic rings. The van der Waals surface area contributed by atoms with Gasteiger partial charge >= 0.3 is 0 Å². The molecule has 1 N–H and O–H groups in total. The number of hydrogen-bond acceptors (Lipinski definition) is 4. The summed E-state index contributed by atoms with van der Waals surface area (Å²) in [5.74, 6) is 1.03. The highest BCUT2D eigenvalue weighted by atomic mass is 16.3. The standard InChI is InChI=1S/C38H27N3O/c42-37-21-7-6-19-33(37)35-26-30(27-12-2-1-3-13-27)25-34(40-35)29-16-10-17-31(24-29)41(38-22-8-9-23-39-38)36-20-11-15-28-14-4-5-18-32(28)36/h1-26,42H. The first-order chi connectivity index (χ1) is 20.7. The second-order valence-electron chi connectivity index (χ2n) is 10.1. The number of phenols is 1. The first-order valence-electron chi connectivity index (χ1n) is 13.9. The van der Waals surface area contributed by atoms with E-state index in [1.54, 1.807) is 6.07 Å². The SMILES string of the molecule is Oc1ccccc1-c1cc(-c2ccccc2)cc(-c2cccc(N(c3ccccn3)c3cccc4ccccc34)c2)n1. The van der Waals surface area contributed by atoms with Crippen molar-refractivity contribution in [1.82, 2.24) is 9.97 Å². The van der Waals surface area contributed by atoms with Gasteiger partial charge in [0.1, 0.15) is 11.6 Å². The smallest absolute Gasteiger partial charge is 0.137 e. The molecule has 0 aliphatic carbocycles. The van der Waals surface area contributed by atoms with E-state index in [4.69, 9.17) is 9.97 Å². The Bertz CT molecular complexity index is 2000. The average Bonchev–Trinajstić information content (AvgIpc) is 3.06. The fourth-order valence-electron chi connectivity index (χ4n) is 5.39. The molecule has 5 aromatic carbocycles. The maximum Gasteiger partial charge on any atom is 0.137 e. The Hall–Kier alpha value is -5.74. The fourth-order valence-corrected chi connectivity index (χ4v) is 5.39. The van der Waals surface area contributed by atoms with Crippen molar-refractivity contribution in [3.05, 3.63) is 158 Å². The minimum Gasteiger partial charge on any atom is -0.507 e. The summed E-state index contributed by atoms with van der Waals surface area (Å²) in [7, 11) is 0. The third-order valence-corrected chi connectivity index (χ3v) is 7.40. The van der Waals surface area contributed by atoms with Gasteiger partial charge in [0, 0.05) is 28.4 Å². The number of aromatic nitrogens is 2. The van der Waals surface area contributed by atoms with Crippen LogP contribution in [0.15, 0.2) is 158 Å². The lowest BCUT2D eigenvalue weighted by molar-refractivity contribution is 0.477. The molecule has 0 atom stereocenters. The number of phenolic OH excluding ortho intramolecular Hbond substituents is 1. The van der Waals surface area contributed by atoms with Crippen molar-refractivity contribution >= 4 is 28.0 Å². The van der Waals surface area contributed by atoms with E-state index >= 15 is 0 Å². The van der Waals surface area contributed by atoms with E-state index in [0.29, 0.717) is 11.3 Å². The molecule has 0 fully saturated rings. The van der Waals surface area contributed by atoms with Crippen molar-refractivity contribution < 1.29 is 5.11 Å². The average molecular weight is 542 g/mol. The Morgan fingerprint density at radius 1 is 0.524 bits per heavy atom. The van der Waals surface area contributed by atoms with Gasteiger partial charge in [0.25, 0.3) is 0 Å². The number of para-hydroxylation sites is 1. The molecule has 0 aliphatic heterocycles. The van der Waals surface area contributed by atoms with E-state index in [1.165, 1.54) is 0 Å². The summed E-state index contributed by atoms with van der Waals surface area (Å²) in [5, 5.41) is 13.0. The van der Waals surface area contributed by atoms with Crippen LogP contribution in [0.5, 0.6) is 5.75 Å². The molecule has 4 nitrogen and oxygen atoms in total. The van der Waals surface area contributed by atoms with Crippen LogP contribution in [0.1, 0.15) is 0 Å². The highest BCUT2D eigenvalue weighted by Crippen LogP contribution is 2.40. The van der Waals surface area contributed by atoms with Gasteiger partial charge in [-0.05, 0) is 71.1 Å². The first-order valence-corrected chi connectivity index (χ1v) is 13.9. The lowest BCUT2D eigenvalue weighted by atomic mass is 9.99. The largest absolute Gasteiger partial charge is 0.507 e. The highest BCUT2D eigenvalue weighted by molar-refractivity contribution is 5.98. The van der Waals surface area contributed by atoms with Crippen LogP contribution < -0.4 is 4.90 Å². The molecule has 0 saturated carbocycles. The molecule has 0 saturated heterocycles. The number of benzene rings is 5. The molecule has 0 radical (unpaired) electrons. The Labute approximate surface area is 244 Å². The Morgan fingerprint density at radius 3 is 2.10 bits per heavy atom. The van der Waals surface area contributed by atoms with Crippen LogP contribution in [0.2, 0.25) is 0 Å². The third-order valence-electron chi connectivity index (χ3n) is 7.40. The molecular weight excluding hydrogens is 514 g/mol. The summed E-state index contributed by atoms with van der Waals surface area (Å²) in [4.78, 5) is 12.0. The molecule has 0 unspecified atom stereocenters. The summed E-state index contributed by atoms with van der Waals surface area (Å²) in [6, 6.07) is 50.9. The zero-order valence-electron chi connectivity index (χ0n) is 22.8. The van der Waals surface area contributed by atoms with Gasteiger partial charge in [-0.25, -0.2) is 9.97 Å². The fraction of sp³-hybridized carbons (Fsp3) is 0. The Kier molecular flexibility index (Phi) is 6.63. The summed E-state index contributed by atoms with van der Waals surface area (Å²) in [6.45, 7) is 0. The van der Waals surface area contributed by atoms with E-state index in [1.807, 2.05) is 66.9 Å². The second kappa shape index (κ2) is 11.0. The van der Waals surface area contributed by atoms with Gasteiger partial charge < -0.3 is 5.11 Å². The van der Waals surface area contributed by atoms with E-state index in [2.05, 4.69) is 89.8 Å². The van der Waals surface area contributed by atoms with E-state index in [9.17, 15) is 5.11 Å². The minimum absolute atomic E-state index is 0.201. The van der Waals surface area contributed by atoms with E-state index < -0.39 is 0 Å². The third kappa shape index (κ3) is 4.87. The first kappa shape index (κ1) is 25.2. The van der Waals surface area contributed by atoms with E-state index in [0.717, 1.165) is 50.3 Å². The molecule has 42 heavy (non-hydrogen) atoms. The van der Waals surface area contributed by atoms with Crippen LogP contribution in [-0.2, 0) is 0 Å². The summed E-state index contributed by atoms with van der Waals surface area (Å²) < 4.78 is 0. The molecule has 7 aromatic rings. The summed E-state index contributed by atoms with van der Waals surface area (Å²) in [6.07, 6.45) is 1.82. The van der Waals surface area contributed by atoms with E-state index in [-0.39, 0.29) is 5.75 Å². The molecular formula is C38H27N3O. The number of aromatic hydroxyl groups is 1. The van der Waals surface area contributed by atoms with Gasteiger partial charge in [-0.2, -0.15) is 0 Å². The van der Waals surface area contributed by atoms with Gasteiger partial charge in [-0.1, -0.05) is 97.1 Å². The lowest BCUT2D eigenvalue weighted by Crippen LogP contribution is -2.12. The molecule has 0 spiro atoms. The zero-order valence-corrected chi connectivity index (χ0v) is 22.8. The number of anilines is 3. The van der Waals surface area contributed by atoms with Crippen LogP contribution in [0.25, 0.3) is 44.4 Å². The monoisotopic (exact) mass is 541 g/mol. The Balaban J connectivity index is 1.42. The quantitative estimate of drug-likeness (QED) is 0.228. The summed E-state index contributed by atoms with van der Waals surface area (Å²) >= 11 is 0. The molecule has 2 aromatic heterocycles. The van der Waals surface area contributed by atoms with Crippen LogP contribution in [-0.4, -0.2) is 15.1 Å². The van der Waals surface area contributed by atoms with Crippen molar-refractivity contribution in [3.8, 4) is 39.4 Å². The number of pyridine rings is 2. The maximum atomic E-state index is 10.7. The van der Waals surface area contributed by atoms with Crippen LogP contribution in [0.3, 0.4) is 0 Å². The molecule has 0 amide bonds. The highest BCUT2D eigenvalue weighted by Gasteiger charge is 2.18. The lowest BCUT2D eigenvalue weighted by Gasteiger charge is -2.26. The van der Waals surface area contributed by atoms with Crippen molar-refractivity contribution in [3.63, 3.8) is 0 Å². The zero-order chi connectivity index (χ0) is 28.3. The molecule has 4 heteroatoms. The van der Waals surface area contributed by atoms with Crippen molar-refractivity contribution in [2.75, 3.05) is 4.90 Å². The maximum absolute atomic E-state index is 10.7. The topological polar surface area (TPSA) is 49.2 Å². The van der Waals surface area contributed by atoms with Crippen LogP contribution in [0, 0.1) is 0 Å². The van der Waals surface area contributed by atoms with Crippen LogP contribution in [0.4, 0.5) is 17.2 Å². The van der Waals surface area contributed by atoms with Crippen molar-refractivity contribution in [2.24, 2.45) is 0 Å². The van der Waals surface area contributed by atoms with Crippen molar-refractivity contribution in [1.29, 1.82) is 0 Å². The van der Waals surface area contributed by atoms with Gasteiger partial charge in [0.15, 0.2) is 0 Å². The predicted molar refractivity (Wildman–Crippen MR) is 172 cm³/mol. The minimum atomic E-state index is 0.201. The number of nitrogens with zero attached hydrogens (tertiary/aromatic N) is 3. The van der Waals surface area contributed by atoms with Gasteiger partial charge in [0.05, 0.1) is 17.1 Å². The summed E-state index contributed by atoms with van der Waals surface area (Å²) in [5.41, 5.74) is 7.31. The molecule has 0 bridgehead atoms. The van der Waals surface area contributed by atoms with Gasteiger partial charge in [-0.3, -0.25) is 4.90 Å². The number of rotatable bonds is 6. The Morgan fingerprint density at radius 2 is 1.24 bits per heavy atom. The molecule has 7 rings (SSSR count). The molecule has 200 valence electrons. The predicted octanol–water partition coefficient (Wildman–Crippen LogP) is 9.81. The van der Waals surface area contributed by atoms with Crippen molar-refractivity contribution in [2.45, 2.75) is 0 Å². The second-order valence-corrected chi connectivity index (χ2v) is 10.1.